The van der Waals surface area contributed by atoms with Crippen LogP contribution in [0.25, 0.3) is 11.1 Å². The van der Waals surface area contributed by atoms with Gasteiger partial charge in [-0.05, 0) is 36.9 Å². The summed E-state index contributed by atoms with van der Waals surface area (Å²) < 4.78 is 81.0. The number of hydrogen-bond donors (Lipinski definition) is 0. The van der Waals surface area contributed by atoms with Crippen LogP contribution in [0.5, 0.6) is 0 Å². The van der Waals surface area contributed by atoms with E-state index in [1.807, 2.05) is 19.0 Å². The van der Waals surface area contributed by atoms with Gasteiger partial charge in [-0.25, -0.2) is 0 Å². The number of benzene rings is 1. The first-order chi connectivity index (χ1) is 18.3. The Labute approximate surface area is 224 Å². The van der Waals surface area contributed by atoms with E-state index in [1.165, 1.54) is 29.5 Å². The summed E-state index contributed by atoms with van der Waals surface area (Å²) in [5.41, 5.74) is -0.794. The van der Waals surface area contributed by atoms with Crippen LogP contribution in [-0.4, -0.2) is 58.8 Å². The van der Waals surface area contributed by atoms with Crippen LogP contribution in [0.3, 0.4) is 0 Å². The SMILES string of the molecule is CN(C)C/C=C/C(=O)N1Cc2sc(C#N)cc2[C@H](c2ccccc2-c2cn(CC(F)(F)F)nc2C(F)(F)F)C1. The van der Waals surface area contributed by atoms with Crippen molar-refractivity contribution in [2.75, 3.05) is 27.2 Å². The van der Waals surface area contributed by atoms with Gasteiger partial charge in [-0.15, -0.1) is 11.3 Å². The second kappa shape index (κ2) is 10.9. The second-order valence-corrected chi connectivity index (χ2v) is 10.5. The Morgan fingerprint density at radius 1 is 1.18 bits per heavy atom. The van der Waals surface area contributed by atoms with Gasteiger partial charge in [-0.3, -0.25) is 9.48 Å². The predicted octanol–water partition coefficient (Wildman–Crippen LogP) is 5.66. The first-order valence-electron chi connectivity index (χ1n) is 11.7. The molecule has 39 heavy (non-hydrogen) atoms. The van der Waals surface area contributed by atoms with Crippen molar-refractivity contribution in [2.45, 2.75) is 31.4 Å². The number of halogens is 6. The molecule has 0 N–H and O–H groups in total. The number of thiophene rings is 1. The van der Waals surface area contributed by atoms with Crippen LogP contribution in [0.15, 0.2) is 48.7 Å². The maximum atomic E-state index is 13.9. The zero-order valence-electron chi connectivity index (χ0n) is 20.8. The number of aromatic nitrogens is 2. The van der Waals surface area contributed by atoms with Crippen molar-refractivity contribution < 1.29 is 31.1 Å². The smallest absolute Gasteiger partial charge is 0.333 e. The highest BCUT2D eigenvalue weighted by Crippen LogP contribution is 2.44. The average molecular weight is 568 g/mol. The Balaban J connectivity index is 1.82. The Morgan fingerprint density at radius 3 is 2.54 bits per heavy atom. The molecule has 0 aliphatic carbocycles. The van der Waals surface area contributed by atoms with E-state index in [9.17, 15) is 36.4 Å². The van der Waals surface area contributed by atoms with Gasteiger partial charge in [0.25, 0.3) is 0 Å². The van der Waals surface area contributed by atoms with E-state index < -0.39 is 36.1 Å². The van der Waals surface area contributed by atoms with Crippen molar-refractivity contribution in [3.05, 3.63) is 75.3 Å². The number of nitrogens with zero attached hydrogens (tertiary/aromatic N) is 5. The molecule has 2 aromatic heterocycles. The molecule has 1 amide bonds. The van der Waals surface area contributed by atoms with Crippen LogP contribution in [-0.2, 0) is 24.1 Å². The molecule has 1 aromatic carbocycles. The van der Waals surface area contributed by atoms with E-state index in [0.717, 1.165) is 11.1 Å². The predicted molar refractivity (Wildman–Crippen MR) is 133 cm³/mol. The molecule has 206 valence electrons. The van der Waals surface area contributed by atoms with Crippen LogP contribution in [0.2, 0.25) is 0 Å². The molecule has 1 aliphatic heterocycles. The number of fused-ring (bicyclic) bond motifs is 1. The van der Waals surface area contributed by atoms with Gasteiger partial charge in [0.05, 0.1) is 6.54 Å². The summed E-state index contributed by atoms with van der Waals surface area (Å²) in [5, 5.41) is 12.7. The van der Waals surface area contributed by atoms with E-state index in [4.69, 9.17) is 0 Å². The van der Waals surface area contributed by atoms with Crippen molar-refractivity contribution in [1.29, 1.82) is 5.26 Å². The molecule has 13 heteroatoms. The Morgan fingerprint density at radius 2 is 1.90 bits per heavy atom. The van der Waals surface area contributed by atoms with E-state index >= 15 is 0 Å². The molecule has 3 aromatic rings. The number of nitriles is 1. The van der Waals surface area contributed by atoms with Crippen LogP contribution in [0.1, 0.15) is 32.5 Å². The van der Waals surface area contributed by atoms with Gasteiger partial charge in [0.15, 0.2) is 5.69 Å². The number of carbonyl (C=O) groups excluding carboxylic acids is 1. The molecule has 0 spiro atoms. The fourth-order valence-corrected chi connectivity index (χ4v) is 5.55. The normalized spacial score (nSPS) is 16.1. The number of alkyl halides is 6. The molecule has 0 fully saturated rings. The Kier molecular flexibility index (Phi) is 7.90. The maximum absolute atomic E-state index is 13.9. The van der Waals surface area contributed by atoms with Crippen molar-refractivity contribution in [3.8, 4) is 17.2 Å². The molecule has 0 unspecified atom stereocenters. The zero-order chi connectivity index (χ0) is 28.5. The molecular formula is C26H23F6N5OS. The Hall–Kier alpha value is -3.63. The molecule has 0 radical (unpaired) electrons. The van der Waals surface area contributed by atoms with Crippen molar-refractivity contribution >= 4 is 17.2 Å². The van der Waals surface area contributed by atoms with Gasteiger partial charge in [0, 0.05) is 41.7 Å². The van der Waals surface area contributed by atoms with E-state index in [2.05, 4.69) is 11.2 Å². The van der Waals surface area contributed by atoms with Crippen LogP contribution in [0, 0.1) is 11.3 Å². The van der Waals surface area contributed by atoms with Crippen LogP contribution < -0.4 is 0 Å². The minimum atomic E-state index is -5.01. The van der Waals surface area contributed by atoms with E-state index in [0.29, 0.717) is 22.5 Å². The van der Waals surface area contributed by atoms with Crippen LogP contribution >= 0.6 is 11.3 Å². The third-order valence-electron chi connectivity index (χ3n) is 6.11. The molecule has 6 nitrogen and oxygen atoms in total. The highest BCUT2D eigenvalue weighted by Gasteiger charge is 2.40. The Bertz CT molecular complexity index is 1430. The number of likely N-dealkylation sites (N-methyl/N-ethyl adjacent to an activating group) is 1. The lowest BCUT2D eigenvalue weighted by Gasteiger charge is -2.33. The molecule has 0 saturated carbocycles. The number of amides is 1. The summed E-state index contributed by atoms with van der Waals surface area (Å²) in [6, 6.07) is 9.82. The van der Waals surface area contributed by atoms with Crippen molar-refractivity contribution in [2.24, 2.45) is 0 Å². The summed E-state index contributed by atoms with van der Waals surface area (Å²) in [4.78, 5) is 17.5. The van der Waals surface area contributed by atoms with E-state index in [1.54, 1.807) is 29.2 Å². The average Bonchev–Trinajstić information content (AvgIpc) is 3.46. The lowest BCUT2D eigenvalue weighted by atomic mass is 9.83. The van der Waals surface area contributed by atoms with E-state index in [-0.39, 0.29) is 29.2 Å². The summed E-state index contributed by atoms with van der Waals surface area (Å²) in [6.07, 6.45) is -5.90. The topological polar surface area (TPSA) is 65.2 Å². The lowest BCUT2D eigenvalue weighted by molar-refractivity contribution is -0.148. The summed E-state index contributed by atoms with van der Waals surface area (Å²) in [5.74, 6) is -0.924. The van der Waals surface area contributed by atoms with Gasteiger partial charge in [-0.1, -0.05) is 30.3 Å². The largest absolute Gasteiger partial charge is 0.435 e. The lowest BCUT2D eigenvalue weighted by Crippen LogP contribution is -2.37. The van der Waals surface area contributed by atoms with Crippen molar-refractivity contribution in [3.63, 3.8) is 0 Å². The molecule has 3 heterocycles. The van der Waals surface area contributed by atoms with Gasteiger partial charge in [0.1, 0.15) is 17.5 Å². The maximum Gasteiger partial charge on any atom is 0.435 e. The van der Waals surface area contributed by atoms with Gasteiger partial charge in [-0.2, -0.15) is 36.7 Å². The minimum absolute atomic E-state index is 0.0522. The highest BCUT2D eigenvalue weighted by atomic mass is 32.1. The van der Waals surface area contributed by atoms with Gasteiger partial charge >= 0.3 is 12.4 Å². The third-order valence-corrected chi connectivity index (χ3v) is 7.15. The van der Waals surface area contributed by atoms with Gasteiger partial charge < -0.3 is 9.80 Å². The van der Waals surface area contributed by atoms with Gasteiger partial charge in [0.2, 0.25) is 5.91 Å². The van der Waals surface area contributed by atoms with Crippen molar-refractivity contribution in [1.82, 2.24) is 19.6 Å². The monoisotopic (exact) mass is 567 g/mol. The molecule has 1 aliphatic rings. The minimum Gasteiger partial charge on any atom is -0.333 e. The third kappa shape index (κ3) is 6.51. The van der Waals surface area contributed by atoms with Crippen LogP contribution in [0.4, 0.5) is 26.3 Å². The molecular weight excluding hydrogens is 544 g/mol. The standard InChI is InChI=1S/C26H23F6N5OS/c1-35(2)9-5-8-23(38)36-12-20(19-10-16(11-33)39-22(19)14-36)17-6-3-4-7-18(17)21-13-37(15-25(27,28)29)34-24(21)26(30,31)32/h3-8,10,13,20H,9,12,14-15H2,1-2H3/b8-5+/t20-/m0/s1. The summed E-state index contributed by atoms with van der Waals surface area (Å²) in [6.45, 7) is -0.822. The number of rotatable bonds is 6. The fourth-order valence-electron chi connectivity index (χ4n) is 4.52. The first-order valence-corrected chi connectivity index (χ1v) is 12.5. The number of hydrogen-bond acceptors (Lipinski definition) is 5. The highest BCUT2D eigenvalue weighted by molar-refractivity contribution is 7.12. The molecule has 0 saturated heterocycles. The summed E-state index contributed by atoms with van der Waals surface area (Å²) >= 11 is 1.19. The quantitative estimate of drug-likeness (QED) is 0.285. The first kappa shape index (κ1) is 28.4. The summed E-state index contributed by atoms with van der Waals surface area (Å²) in [7, 11) is 3.69. The fraction of sp³-hybridized carbons (Fsp3) is 0.346. The molecule has 0 bridgehead atoms. The number of carbonyl (C=O) groups is 1. The zero-order valence-corrected chi connectivity index (χ0v) is 21.7. The molecule has 4 rings (SSSR count). The second-order valence-electron chi connectivity index (χ2n) is 9.33. The molecule has 1 atom stereocenters.